The lowest BCUT2D eigenvalue weighted by molar-refractivity contribution is -0.277. The van der Waals surface area contributed by atoms with Crippen LogP contribution in [-0.2, 0) is 47.7 Å². The molecule has 0 aromatic rings. The second-order valence-corrected chi connectivity index (χ2v) is 14.0. The van der Waals surface area contributed by atoms with Gasteiger partial charge in [-0.3, -0.25) is 24.0 Å². The fourth-order valence-electron chi connectivity index (χ4n) is 3.07. The van der Waals surface area contributed by atoms with Gasteiger partial charge in [0.15, 0.2) is 12.2 Å². The molecular formula is C28H47NO10. The molecule has 0 aromatic carbocycles. The fraction of sp³-hybridized carbons (Fsp3) is 0.821. The topological polar surface area (TPSA) is 144 Å². The minimum absolute atomic E-state index is 0.405. The van der Waals surface area contributed by atoms with Gasteiger partial charge in [0.05, 0.1) is 21.7 Å². The maximum Gasteiger partial charge on any atom is 0.313 e. The van der Waals surface area contributed by atoms with Gasteiger partial charge in [0.25, 0.3) is 0 Å². The van der Waals surface area contributed by atoms with E-state index in [-0.39, 0.29) is 0 Å². The lowest BCUT2D eigenvalue weighted by Crippen LogP contribution is -2.67. The summed E-state index contributed by atoms with van der Waals surface area (Å²) in [5.74, 6) is -3.04. The highest BCUT2D eigenvalue weighted by molar-refractivity contribution is 5.78. The van der Waals surface area contributed by atoms with Crippen LogP contribution in [0.3, 0.4) is 0 Å². The molecule has 1 aliphatic heterocycles. The number of amides is 1. The molecular weight excluding hydrogens is 510 g/mol. The lowest BCUT2D eigenvalue weighted by Gasteiger charge is -2.46. The first-order chi connectivity index (χ1) is 17.4. The monoisotopic (exact) mass is 557 g/mol. The Balaban J connectivity index is 3.68. The second-order valence-electron chi connectivity index (χ2n) is 14.0. The van der Waals surface area contributed by atoms with Crippen LogP contribution in [0.4, 0.5) is 0 Å². The van der Waals surface area contributed by atoms with Crippen molar-refractivity contribution in [1.82, 2.24) is 5.32 Å². The summed E-state index contributed by atoms with van der Waals surface area (Å²) in [5, 5.41) is 2.63. The summed E-state index contributed by atoms with van der Waals surface area (Å²) in [5.41, 5.74) is -3.71. The Morgan fingerprint density at radius 2 is 1.00 bits per heavy atom. The molecule has 39 heavy (non-hydrogen) atoms. The van der Waals surface area contributed by atoms with Crippen LogP contribution in [0, 0.1) is 21.7 Å². The molecule has 1 rings (SSSR count). The number of nitrogens with one attached hydrogen (secondary N) is 1. The summed E-state index contributed by atoms with van der Waals surface area (Å²) < 4.78 is 28.8. The van der Waals surface area contributed by atoms with E-state index < -0.39 is 88.7 Å². The smallest absolute Gasteiger partial charge is 0.313 e. The Labute approximate surface area is 232 Å². The molecule has 1 amide bonds. The molecule has 0 radical (unpaired) electrons. The van der Waals surface area contributed by atoms with Crippen LogP contribution in [0.2, 0.25) is 0 Å². The predicted molar refractivity (Wildman–Crippen MR) is 141 cm³/mol. The SMILES string of the molecule is CC(=O)N[C@H]1[C@H](OC(=O)C(C)(C)C)O[C@H](COC(=O)C(C)(C)C)[C@H](OC(=O)C(C)(C)C)[C@@H]1OC(=O)C(C)(C)C. The van der Waals surface area contributed by atoms with Gasteiger partial charge in [-0.05, 0) is 83.1 Å². The van der Waals surface area contributed by atoms with Crippen molar-refractivity contribution in [3.63, 3.8) is 0 Å². The van der Waals surface area contributed by atoms with Gasteiger partial charge in [0.1, 0.15) is 18.8 Å². The van der Waals surface area contributed by atoms with Gasteiger partial charge in [-0.15, -0.1) is 0 Å². The standard InChI is InChI=1S/C28H47NO10/c1-15(30)29-17-19(38-23(33)27(8,9)10)18(37-22(32)26(5,6)7)16(14-35-21(31)25(2,3)4)36-20(17)39-24(34)28(11,12)13/h16-20H,14H2,1-13H3,(H,29,30)/t16-,17-,18+,19-,20+/m1/s1. The van der Waals surface area contributed by atoms with E-state index in [4.69, 9.17) is 23.7 Å². The van der Waals surface area contributed by atoms with Gasteiger partial charge in [0, 0.05) is 6.92 Å². The summed E-state index contributed by atoms with van der Waals surface area (Å²) in [6.45, 7) is 20.6. The summed E-state index contributed by atoms with van der Waals surface area (Å²) >= 11 is 0. The van der Waals surface area contributed by atoms with Gasteiger partial charge in [-0.25, -0.2) is 0 Å². The summed E-state index contributed by atoms with van der Waals surface area (Å²) in [6, 6.07) is -1.24. The van der Waals surface area contributed by atoms with Crippen molar-refractivity contribution < 1.29 is 47.7 Å². The summed E-state index contributed by atoms with van der Waals surface area (Å²) in [4.78, 5) is 63.8. The minimum Gasteiger partial charge on any atom is -0.462 e. The Morgan fingerprint density at radius 3 is 1.38 bits per heavy atom. The van der Waals surface area contributed by atoms with Crippen LogP contribution in [0.15, 0.2) is 0 Å². The molecule has 1 aliphatic rings. The van der Waals surface area contributed by atoms with Crippen molar-refractivity contribution in [2.75, 3.05) is 6.61 Å². The van der Waals surface area contributed by atoms with Crippen LogP contribution in [-0.4, -0.2) is 67.0 Å². The predicted octanol–water partition coefficient (Wildman–Crippen LogP) is 3.31. The molecule has 11 heteroatoms. The molecule has 0 aliphatic carbocycles. The van der Waals surface area contributed by atoms with E-state index in [0.29, 0.717) is 0 Å². The number of esters is 4. The number of hydrogen-bond donors (Lipinski definition) is 1. The van der Waals surface area contributed by atoms with Gasteiger partial charge in [0.2, 0.25) is 12.2 Å². The molecule has 1 N–H and O–H groups in total. The minimum atomic E-state index is -1.46. The normalized spacial score (nSPS) is 24.3. The zero-order valence-electron chi connectivity index (χ0n) is 25.7. The number of carbonyl (C=O) groups is 5. The van der Waals surface area contributed by atoms with Gasteiger partial charge >= 0.3 is 23.9 Å². The Bertz CT molecular complexity index is 930. The van der Waals surface area contributed by atoms with E-state index in [0.717, 1.165) is 0 Å². The quantitative estimate of drug-likeness (QED) is 0.381. The molecule has 0 unspecified atom stereocenters. The first-order valence-corrected chi connectivity index (χ1v) is 13.1. The van der Waals surface area contributed by atoms with Crippen molar-refractivity contribution in [2.45, 2.75) is 121 Å². The van der Waals surface area contributed by atoms with Crippen LogP contribution in [0.5, 0.6) is 0 Å². The van der Waals surface area contributed by atoms with E-state index in [9.17, 15) is 24.0 Å². The highest BCUT2D eigenvalue weighted by Crippen LogP contribution is 2.33. The third kappa shape index (κ3) is 10.1. The van der Waals surface area contributed by atoms with E-state index in [2.05, 4.69) is 5.32 Å². The van der Waals surface area contributed by atoms with Crippen LogP contribution in [0.1, 0.15) is 90.0 Å². The van der Waals surface area contributed by atoms with E-state index in [1.807, 2.05) is 0 Å². The van der Waals surface area contributed by atoms with E-state index in [1.165, 1.54) is 6.92 Å². The largest absolute Gasteiger partial charge is 0.462 e. The second kappa shape index (κ2) is 12.2. The van der Waals surface area contributed by atoms with E-state index >= 15 is 0 Å². The van der Waals surface area contributed by atoms with Crippen molar-refractivity contribution in [3.8, 4) is 0 Å². The number of ether oxygens (including phenoxy) is 5. The zero-order chi connectivity index (χ0) is 30.7. The summed E-state index contributed by atoms with van der Waals surface area (Å²) in [7, 11) is 0. The van der Waals surface area contributed by atoms with Crippen molar-refractivity contribution in [3.05, 3.63) is 0 Å². The number of carbonyl (C=O) groups excluding carboxylic acids is 5. The molecule has 11 nitrogen and oxygen atoms in total. The van der Waals surface area contributed by atoms with Gasteiger partial charge in [-0.1, -0.05) is 0 Å². The molecule has 1 heterocycles. The van der Waals surface area contributed by atoms with E-state index in [1.54, 1.807) is 83.1 Å². The third-order valence-electron chi connectivity index (χ3n) is 5.55. The maximum atomic E-state index is 13.1. The molecule has 0 aromatic heterocycles. The zero-order valence-corrected chi connectivity index (χ0v) is 25.7. The van der Waals surface area contributed by atoms with Gasteiger partial charge in [-0.2, -0.15) is 0 Å². The maximum absolute atomic E-state index is 13.1. The lowest BCUT2D eigenvalue weighted by atomic mass is 9.92. The fourth-order valence-corrected chi connectivity index (χ4v) is 3.07. The molecule has 0 spiro atoms. The van der Waals surface area contributed by atoms with Crippen molar-refractivity contribution in [1.29, 1.82) is 0 Å². The van der Waals surface area contributed by atoms with Crippen LogP contribution >= 0.6 is 0 Å². The average molecular weight is 558 g/mol. The molecule has 1 fully saturated rings. The first kappa shape index (κ1) is 34.3. The molecule has 0 saturated carbocycles. The number of hydrogen-bond acceptors (Lipinski definition) is 10. The average Bonchev–Trinajstić information content (AvgIpc) is 2.72. The van der Waals surface area contributed by atoms with Crippen molar-refractivity contribution in [2.24, 2.45) is 21.7 Å². The van der Waals surface area contributed by atoms with Crippen LogP contribution in [0.25, 0.3) is 0 Å². The molecule has 224 valence electrons. The number of rotatable bonds is 6. The third-order valence-corrected chi connectivity index (χ3v) is 5.55. The first-order valence-electron chi connectivity index (χ1n) is 13.1. The van der Waals surface area contributed by atoms with Crippen molar-refractivity contribution >= 4 is 29.8 Å². The van der Waals surface area contributed by atoms with Crippen LogP contribution < -0.4 is 5.32 Å². The molecule has 0 bridgehead atoms. The Kier molecular flexibility index (Phi) is 10.8. The summed E-state index contributed by atoms with van der Waals surface area (Å²) in [6.07, 6.45) is -5.33. The Hall–Kier alpha value is -2.69. The molecule has 1 saturated heterocycles. The Morgan fingerprint density at radius 1 is 0.615 bits per heavy atom. The highest BCUT2D eigenvalue weighted by atomic mass is 16.7. The van der Waals surface area contributed by atoms with Gasteiger partial charge < -0.3 is 29.0 Å². The highest BCUT2D eigenvalue weighted by Gasteiger charge is 2.54. The molecule has 5 atom stereocenters.